The van der Waals surface area contributed by atoms with Crippen molar-refractivity contribution in [3.05, 3.63) is 24.3 Å². The lowest BCUT2D eigenvalue weighted by Crippen LogP contribution is -2.45. The van der Waals surface area contributed by atoms with Gasteiger partial charge in [0.15, 0.2) is 0 Å². The Morgan fingerprint density at radius 3 is 2.30 bits per heavy atom. The molecule has 1 aromatic carbocycles. The van der Waals surface area contributed by atoms with Gasteiger partial charge in [0.1, 0.15) is 0 Å². The quantitative estimate of drug-likeness (QED) is 0.546. The second kappa shape index (κ2) is 7.37. The van der Waals surface area contributed by atoms with E-state index in [1.807, 2.05) is 52.0 Å². The Labute approximate surface area is 162 Å². The van der Waals surface area contributed by atoms with E-state index in [1.54, 1.807) is 0 Å². The summed E-state index contributed by atoms with van der Waals surface area (Å²) >= 11 is 0. The van der Waals surface area contributed by atoms with Crippen molar-refractivity contribution in [2.45, 2.75) is 45.0 Å². The maximum Gasteiger partial charge on any atom is 0.494 e. The summed E-state index contributed by atoms with van der Waals surface area (Å²) < 4.78 is 45.0. The Balaban J connectivity index is 1.64. The van der Waals surface area contributed by atoms with Crippen molar-refractivity contribution in [1.29, 1.82) is 0 Å². The third-order valence-electron chi connectivity index (χ3n) is 5.39. The van der Waals surface area contributed by atoms with E-state index in [4.69, 9.17) is 18.2 Å². The first kappa shape index (κ1) is 20.6. The molecule has 2 aliphatic rings. The number of anilines is 1. The number of hydrogen-bond acceptors (Lipinski definition) is 7. The summed E-state index contributed by atoms with van der Waals surface area (Å²) in [4.78, 5) is 2.16. The van der Waals surface area contributed by atoms with Gasteiger partial charge in [-0.15, -0.1) is 0 Å². The maximum absolute atomic E-state index is 11.2. The van der Waals surface area contributed by atoms with E-state index in [0.717, 1.165) is 24.0 Å². The lowest BCUT2D eigenvalue weighted by molar-refractivity contribution is 0.00578. The van der Waals surface area contributed by atoms with Crippen LogP contribution in [0.25, 0.3) is 0 Å². The summed E-state index contributed by atoms with van der Waals surface area (Å²) in [5.74, 6) is 0. The van der Waals surface area contributed by atoms with Gasteiger partial charge >= 0.3 is 7.12 Å². The molecule has 9 heteroatoms. The topological polar surface area (TPSA) is 74.3 Å². The molecule has 0 unspecified atom stereocenters. The van der Waals surface area contributed by atoms with Gasteiger partial charge < -0.3 is 18.9 Å². The van der Waals surface area contributed by atoms with Gasteiger partial charge in [-0.25, -0.2) is 0 Å². The highest BCUT2D eigenvalue weighted by atomic mass is 32.2. The number of hydrogen-bond donors (Lipinski definition) is 0. The third-order valence-corrected chi connectivity index (χ3v) is 5.95. The highest BCUT2D eigenvalue weighted by Crippen LogP contribution is 2.36. The fraction of sp³-hybridized carbons (Fsp3) is 0.667. The van der Waals surface area contributed by atoms with Gasteiger partial charge in [0.25, 0.3) is 10.1 Å². The second-order valence-corrected chi connectivity index (χ2v) is 9.75. The molecule has 2 saturated heterocycles. The van der Waals surface area contributed by atoms with E-state index in [1.165, 1.54) is 0 Å². The van der Waals surface area contributed by atoms with Crippen molar-refractivity contribution in [1.82, 2.24) is 0 Å². The van der Waals surface area contributed by atoms with E-state index in [2.05, 4.69) is 4.90 Å². The van der Waals surface area contributed by atoms with Gasteiger partial charge in [-0.3, -0.25) is 4.18 Å². The number of benzene rings is 1. The van der Waals surface area contributed by atoms with Crippen LogP contribution in [-0.4, -0.2) is 65.4 Å². The molecule has 0 bridgehead atoms. The van der Waals surface area contributed by atoms with Crippen LogP contribution in [0.3, 0.4) is 0 Å². The highest BCUT2D eigenvalue weighted by molar-refractivity contribution is 7.85. The van der Waals surface area contributed by atoms with Crippen LogP contribution in [0.1, 0.15) is 27.7 Å². The van der Waals surface area contributed by atoms with Crippen molar-refractivity contribution < 1.29 is 26.6 Å². The smallest absolute Gasteiger partial charge is 0.399 e. The molecule has 0 amide bonds. The fourth-order valence-electron chi connectivity index (χ4n) is 3.08. The van der Waals surface area contributed by atoms with Crippen LogP contribution in [0.2, 0.25) is 0 Å². The van der Waals surface area contributed by atoms with Crippen LogP contribution in [0.15, 0.2) is 24.3 Å². The van der Waals surface area contributed by atoms with Crippen molar-refractivity contribution in [3.63, 3.8) is 0 Å². The number of rotatable bonds is 5. The van der Waals surface area contributed by atoms with Gasteiger partial charge in [0, 0.05) is 18.8 Å². The number of morpholine rings is 1. The molecule has 150 valence electrons. The normalized spacial score (nSPS) is 25.0. The zero-order chi connectivity index (χ0) is 19.9. The molecule has 2 heterocycles. The van der Waals surface area contributed by atoms with Gasteiger partial charge in [0.2, 0.25) is 0 Å². The van der Waals surface area contributed by atoms with Gasteiger partial charge in [-0.2, -0.15) is 8.42 Å². The standard InChI is InChI=1S/C18H28BNO6S/c1-17(2)18(3,4)26-19(25-17)14-6-8-15(9-7-14)20-10-11-23-16(12-20)13-24-27(5,21)22/h6-9,16H,10-13H2,1-5H3/t16-/m1/s1. The van der Waals surface area contributed by atoms with Crippen LogP contribution in [-0.2, 0) is 28.3 Å². The van der Waals surface area contributed by atoms with E-state index < -0.39 is 10.1 Å². The molecule has 2 fully saturated rings. The SMILES string of the molecule is CC1(C)OB(c2ccc(N3CCO[C@@H](COS(C)(=O)=O)C3)cc2)OC1(C)C. The first-order chi connectivity index (χ1) is 12.5. The molecule has 0 radical (unpaired) electrons. The van der Waals surface area contributed by atoms with Crippen molar-refractivity contribution >= 4 is 28.4 Å². The second-order valence-electron chi connectivity index (χ2n) is 8.11. The lowest BCUT2D eigenvalue weighted by Gasteiger charge is -2.34. The Bertz CT molecular complexity index is 749. The molecular weight excluding hydrogens is 369 g/mol. The van der Waals surface area contributed by atoms with Gasteiger partial charge in [-0.05, 0) is 45.3 Å². The molecule has 1 aromatic rings. The molecule has 3 rings (SSSR count). The van der Waals surface area contributed by atoms with Crippen molar-refractivity contribution in [2.75, 3.05) is 37.5 Å². The molecule has 27 heavy (non-hydrogen) atoms. The summed E-state index contributed by atoms with van der Waals surface area (Å²) in [5, 5.41) is 0. The van der Waals surface area contributed by atoms with Crippen LogP contribution in [0, 0.1) is 0 Å². The third kappa shape index (κ3) is 4.84. The van der Waals surface area contributed by atoms with Gasteiger partial charge in [-0.1, -0.05) is 12.1 Å². The summed E-state index contributed by atoms with van der Waals surface area (Å²) in [5.41, 5.74) is 1.28. The average molecular weight is 397 g/mol. The predicted octanol–water partition coefficient (Wildman–Crippen LogP) is 1.17. The number of ether oxygens (including phenoxy) is 1. The largest absolute Gasteiger partial charge is 0.494 e. The summed E-state index contributed by atoms with van der Waals surface area (Å²) in [6, 6.07) is 8.07. The first-order valence-corrected chi connectivity index (χ1v) is 11.0. The molecule has 0 aromatic heterocycles. The van der Waals surface area contributed by atoms with E-state index in [9.17, 15) is 8.42 Å². The zero-order valence-corrected chi connectivity index (χ0v) is 17.4. The van der Waals surface area contributed by atoms with Crippen LogP contribution in [0.5, 0.6) is 0 Å². The van der Waals surface area contributed by atoms with E-state index >= 15 is 0 Å². The molecular formula is C18H28BNO6S. The summed E-state index contributed by atoms with van der Waals surface area (Å²) in [6.45, 7) is 10.0. The molecule has 0 saturated carbocycles. The summed E-state index contributed by atoms with van der Waals surface area (Å²) in [6.07, 6.45) is 0.762. The Morgan fingerprint density at radius 1 is 1.15 bits per heavy atom. The lowest BCUT2D eigenvalue weighted by atomic mass is 9.79. The molecule has 2 aliphatic heterocycles. The Hall–Kier alpha value is -1.13. The minimum atomic E-state index is -3.47. The maximum atomic E-state index is 11.2. The molecule has 1 atom stereocenters. The molecule has 7 nitrogen and oxygen atoms in total. The monoisotopic (exact) mass is 397 g/mol. The first-order valence-electron chi connectivity index (χ1n) is 9.13. The minimum absolute atomic E-state index is 0.0291. The zero-order valence-electron chi connectivity index (χ0n) is 16.6. The predicted molar refractivity (Wildman–Crippen MR) is 105 cm³/mol. The van der Waals surface area contributed by atoms with Crippen molar-refractivity contribution in [3.8, 4) is 0 Å². The summed E-state index contributed by atoms with van der Waals surface area (Å²) in [7, 11) is -3.85. The molecule has 0 aliphatic carbocycles. The van der Waals surface area contributed by atoms with E-state index in [-0.39, 0.29) is 31.0 Å². The Kier molecular flexibility index (Phi) is 5.62. The van der Waals surface area contributed by atoms with Crippen molar-refractivity contribution in [2.24, 2.45) is 0 Å². The van der Waals surface area contributed by atoms with Gasteiger partial charge in [0.05, 0.1) is 36.8 Å². The minimum Gasteiger partial charge on any atom is -0.399 e. The Morgan fingerprint density at radius 2 is 1.74 bits per heavy atom. The van der Waals surface area contributed by atoms with Crippen LogP contribution < -0.4 is 10.4 Å². The fourth-order valence-corrected chi connectivity index (χ4v) is 3.47. The van der Waals surface area contributed by atoms with Crippen LogP contribution >= 0.6 is 0 Å². The molecule has 0 N–H and O–H groups in total. The number of nitrogens with zero attached hydrogens (tertiary/aromatic N) is 1. The van der Waals surface area contributed by atoms with E-state index in [0.29, 0.717) is 13.2 Å². The highest BCUT2D eigenvalue weighted by Gasteiger charge is 2.51. The average Bonchev–Trinajstić information content (AvgIpc) is 2.81. The molecule has 0 spiro atoms. The van der Waals surface area contributed by atoms with Crippen LogP contribution in [0.4, 0.5) is 5.69 Å².